The fourth-order valence-corrected chi connectivity index (χ4v) is 1.91. The van der Waals surface area contributed by atoms with E-state index >= 15 is 0 Å². The fraction of sp³-hybridized carbons (Fsp3) is 0.600. The van der Waals surface area contributed by atoms with Crippen LogP contribution in [0.15, 0.2) is 29.1 Å². The number of rotatable bonds is 5. The molecule has 2 aromatic rings. The molecule has 0 saturated heterocycles. The second-order valence-electron chi connectivity index (χ2n) is 6.26. The fourth-order valence-electron chi connectivity index (χ4n) is 1.91. The third kappa shape index (κ3) is 3.48. The number of hydrogen-bond acceptors (Lipinski definition) is 4. The van der Waals surface area contributed by atoms with Crippen LogP contribution in [0.3, 0.4) is 0 Å². The van der Waals surface area contributed by atoms with Gasteiger partial charge in [0.1, 0.15) is 5.76 Å². The normalized spacial score (nSPS) is 15.2. The Morgan fingerprint density at radius 2 is 2.10 bits per heavy atom. The molecule has 0 aliphatic rings. The van der Waals surface area contributed by atoms with E-state index in [0.29, 0.717) is 6.54 Å². The van der Waals surface area contributed by atoms with Crippen LogP contribution in [0.2, 0.25) is 0 Å². The number of aromatic nitrogens is 3. The first-order valence-electron chi connectivity index (χ1n) is 7.05. The summed E-state index contributed by atoms with van der Waals surface area (Å²) in [7, 11) is 0. The highest BCUT2D eigenvalue weighted by Crippen LogP contribution is 2.22. The largest absolute Gasteiger partial charge is 0.444 e. The minimum absolute atomic E-state index is 0.000776. The van der Waals surface area contributed by atoms with Crippen molar-refractivity contribution in [1.82, 2.24) is 20.1 Å². The van der Waals surface area contributed by atoms with E-state index < -0.39 is 0 Å². The Kier molecular flexibility index (Phi) is 4.28. The predicted molar refractivity (Wildman–Crippen MR) is 78.4 cm³/mol. The molecule has 0 aliphatic carbocycles. The lowest BCUT2D eigenvalue weighted by molar-refractivity contribution is 0.332. The Morgan fingerprint density at radius 3 is 2.65 bits per heavy atom. The molecule has 1 N–H and O–H groups in total. The quantitative estimate of drug-likeness (QED) is 0.912. The Hall–Kier alpha value is -1.62. The molecule has 0 spiro atoms. The van der Waals surface area contributed by atoms with Crippen LogP contribution in [0.1, 0.15) is 52.3 Å². The van der Waals surface area contributed by atoms with Gasteiger partial charge in [0.05, 0.1) is 18.8 Å². The topological polar surface area (TPSA) is 55.9 Å². The molecular formula is C15H24N4O. The van der Waals surface area contributed by atoms with Gasteiger partial charge in [-0.15, -0.1) is 0 Å². The van der Waals surface area contributed by atoms with E-state index in [1.54, 1.807) is 6.20 Å². The maximum atomic E-state index is 5.77. The third-order valence-corrected chi connectivity index (χ3v) is 3.53. The smallest absolute Gasteiger partial charge is 0.208 e. The summed E-state index contributed by atoms with van der Waals surface area (Å²) in [6.45, 7) is 11.3. The van der Waals surface area contributed by atoms with Crippen molar-refractivity contribution in [3.63, 3.8) is 0 Å². The first-order valence-corrected chi connectivity index (χ1v) is 7.05. The van der Waals surface area contributed by atoms with Crippen molar-refractivity contribution in [2.24, 2.45) is 0 Å². The number of oxazole rings is 1. The van der Waals surface area contributed by atoms with Crippen molar-refractivity contribution in [3.8, 4) is 0 Å². The average molecular weight is 276 g/mol. The zero-order valence-electron chi connectivity index (χ0n) is 12.9. The van der Waals surface area contributed by atoms with Crippen LogP contribution >= 0.6 is 0 Å². The monoisotopic (exact) mass is 276 g/mol. The zero-order chi connectivity index (χ0) is 14.8. The van der Waals surface area contributed by atoms with Gasteiger partial charge in [-0.25, -0.2) is 4.98 Å². The van der Waals surface area contributed by atoms with Crippen LogP contribution < -0.4 is 5.32 Å². The maximum absolute atomic E-state index is 5.77. The molecule has 0 radical (unpaired) electrons. The Bertz CT molecular complexity index is 524. The van der Waals surface area contributed by atoms with Crippen molar-refractivity contribution >= 4 is 0 Å². The number of nitrogens with one attached hydrogen (secondary N) is 1. The molecule has 2 atom stereocenters. The summed E-state index contributed by atoms with van der Waals surface area (Å²) < 4.78 is 7.73. The van der Waals surface area contributed by atoms with E-state index in [2.05, 4.69) is 50.0 Å². The minimum Gasteiger partial charge on any atom is -0.444 e. The molecule has 2 aromatic heterocycles. The second-order valence-corrected chi connectivity index (χ2v) is 6.26. The molecule has 0 aliphatic heterocycles. The van der Waals surface area contributed by atoms with Gasteiger partial charge in [-0.1, -0.05) is 20.8 Å². The molecule has 2 heterocycles. The van der Waals surface area contributed by atoms with E-state index in [1.807, 2.05) is 23.1 Å². The number of hydrogen-bond donors (Lipinski definition) is 1. The van der Waals surface area contributed by atoms with Crippen molar-refractivity contribution in [2.45, 2.75) is 58.7 Å². The standard InChI is InChI=1S/C15H24N4O/c1-11(12(2)19-8-6-7-18-19)16-10-14-17-9-13(20-14)15(3,4)5/h6-9,11-12,16H,10H2,1-5H3/t11-,12-/m0/s1. The second kappa shape index (κ2) is 5.79. The average Bonchev–Trinajstić information content (AvgIpc) is 3.04. The first kappa shape index (κ1) is 14.8. The van der Waals surface area contributed by atoms with Gasteiger partial charge in [-0.2, -0.15) is 5.10 Å². The summed E-state index contributed by atoms with van der Waals surface area (Å²) >= 11 is 0. The summed E-state index contributed by atoms with van der Waals surface area (Å²) in [5, 5.41) is 7.70. The SMILES string of the molecule is C[C@H](NCc1ncc(C(C)(C)C)o1)[C@H](C)n1cccn1. The molecule has 0 unspecified atom stereocenters. The summed E-state index contributed by atoms with van der Waals surface area (Å²) in [5.74, 6) is 1.65. The highest BCUT2D eigenvalue weighted by molar-refractivity contribution is 5.06. The van der Waals surface area contributed by atoms with E-state index in [4.69, 9.17) is 4.42 Å². The van der Waals surface area contributed by atoms with Crippen LogP contribution in [0.25, 0.3) is 0 Å². The van der Waals surface area contributed by atoms with Crippen molar-refractivity contribution in [3.05, 3.63) is 36.3 Å². The van der Waals surface area contributed by atoms with Gasteiger partial charge in [0.2, 0.25) is 5.89 Å². The Morgan fingerprint density at radius 1 is 1.35 bits per heavy atom. The summed E-state index contributed by atoms with van der Waals surface area (Å²) in [6, 6.07) is 2.49. The zero-order valence-corrected chi connectivity index (χ0v) is 12.9. The van der Waals surface area contributed by atoms with Gasteiger partial charge in [0, 0.05) is 23.9 Å². The van der Waals surface area contributed by atoms with Crippen LogP contribution in [0.4, 0.5) is 0 Å². The summed E-state index contributed by atoms with van der Waals surface area (Å²) in [5.41, 5.74) is -0.000776. The molecule has 110 valence electrons. The van der Waals surface area contributed by atoms with Crippen LogP contribution in [0.5, 0.6) is 0 Å². The first-order chi connectivity index (χ1) is 9.38. The molecule has 0 amide bonds. The van der Waals surface area contributed by atoms with Crippen molar-refractivity contribution in [2.75, 3.05) is 0 Å². The van der Waals surface area contributed by atoms with Gasteiger partial charge in [0.15, 0.2) is 0 Å². The van der Waals surface area contributed by atoms with Gasteiger partial charge in [0.25, 0.3) is 0 Å². The van der Waals surface area contributed by atoms with E-state index in [9.17, 15) is 0 Å². The van der Waals surface area contributed by atoms with Gasteiger partial charge in [-0.3, -0.25) is 4.68 Å². The van der Waals surface area contributed by atoms with Gasteiger partial charge >= 0.3 is 0 Å². The van der Waals surface area contributed by atoms with E-state index in [1.165, 1.54) is 0 Å². The van der Waals surface area contributed by atoms with Crippen LogP contribution in [-0.4, -0.2) is 20.8 Å². The molecule has 0 aromatic carbocycles. The van der Waals surface area contributed by atoms with Crippen LogP contribution in [-0.2, 0) is 12.0 Å². The predicted octanol–water partition coefficient (Wildman–Crippen LogP) is 2.91. The molecule has 0 bridgehead atoms. The molecule has 5 heteroatoms. The Balaban J connectivity index is 1.90. The summed E-state index contributed by atoms with van der Waals surface area (Å²) in [6.07, 6.45) is 5.59. The van der Waals surface area contributed by atoms with Crippen molar-refractivity contribution in [1.29, 1.82) is 0 Å². The third-order valence-electron chi connectivity index (χ3n) is 3.53. The van der Waals surface area contributed by atoms with Gasteiger partial charge < -0.3 is 9.73 Å². The lowest BCUT2D eigenvalue weighted by Gasteiger charge is -2.21. The van der Waals surface area contributed by atoms with Crippen molar-refractivity contribution < 1.29 is 4.42 Å². The van der Waals surface area contributed by atoms with Gasteiger partial charge in [-0.05, 0) is 19.9 Å². The molecule has 20 heavy (non-hydrogen) atoms. The highest BCUT2D eigenvalue weighted by Gasteiger charge is 2.20. The Labute approximate surface area is 120 Å². The van der Waals surface area contributed by atoms with Crippen LogP contribution in [0, 0.1) is 0 Å². The molecule has 0 saturated carbocycles. The maximum Gasteiger partial charge on any atom is 0.208 e. The number of nitrogens with zero attached hydrogens (tertiary/aromatic N) is 3. The highest BCUT2D eigenvalue weighted by atomic mass is 16.4. The summed E-state index contributed by atoms with van der Waals surface area (Å²) in [4.78, 5) is 4.33. The molecule has 5 nitrogen and oxygen atoms in total. The lowest BCUT2D eigenvalue weighted by Crippen LogP contribution is -2.33. The van der Waals surface area contributed by atoms with E-state index in [0.717, 1.165) is 11.7 Å². The molecule has 2 rings (SSSR count). The lowest BCUT2D eigenvalue weighted by atomic mass is 9.94. The minimum atomic E-state index is -0.000776. The molecule has 0 fully saturated rings. The van der Waals surface area contributed by atoms with E-state index in [-0.39, 0.29) is 17.5 Å². The molecular weight excluding hydrogens is 252 g/mol.